The van der Waals surface area contributed by atoms with E-state index in [2.05, 4.69) is 4.98 Å². The van der Waals surface area contributed by atoms with Crippen LogP contribution >= 0.6 is 11.6 Å². The minimum absolute atomic E-state index is 0.212. The normalized spacial score (nSPS) is 17.3. The fourth-order valence-corrected chi connectivity index (χ4v) is 2.40. The molecule has 0 spiro atoms. The van der Waals surface area contributed by atoms with Crippen LogP contribution in [0.25, 0.3) is 10.9 Å². The molecule has 1 aliphatic carbocycles. The summed E-state index contributed by atoms with van der Waals surface area (Å²) in [6.45, 7) is 0. The van der Waals surface area contributed by atoms with Crippen molar-refractivity contribution in [2.45, 2.75) is 25.4 Å². The van der Waals surface area contributed by atoms with Crippen LogP contribution in [0.4, 0.5) is 0 Å². The van der Waals surface area contributed by atoms with Crippen LogP contribution in [0.15, 0.2) is 30.5 Å². The number of fused-ring (bicyclic) bond motifs is 1. The van der Waals surface area contributed by atoms with Gasteiger partial charge in [-0.2, -0.15) is 0 Å². The van der Waals surface area contributed by atoms with Gasteiger partial charge in [-0.15, -0.1) is 0 Å². The summed E-state index contributed by atoms with van der Waals surface area (Å²) in [7, 11) is 0. The maximum absolute atomic E-state index is 10.0. The number of aliphatic hydroxyl groups is 1. The summed E-state index contributed by atoms with van der Waals surface area (Å²) in [6.07, 6.45) is 4.61. The van der Waals surface area contributed by atoms with E-state index in [9.17, 15) is 5.11 Å². The van der Waals surface area contributed by atoms with E-state index >= 15 is 0 Å². The number of halogens is 1. The Morgan fingerprint density at radius 1 is 1.35 bits per heavy atom. The minimum Gasteiger partial charge on any atom is -0.392 e. The van der Waals surface area contributed by atoms with E-state index in [1.807, 2.05) is 24.3 Å². The average molecular weight is 248 g/mol. The van der Waals surface area contributed by atoms with Crippen LogP contribution in [0.2, 0.25) is 5.02 Å². The molecule has 0 amide bonds. The van der Waals surface area contributed by atoms with E-state index in [4.69, 9.17) is 11.6 Å². The molecule has 1 fully saturated rings. The first-order valence-electron chi connectivity index (χ1n) is 5.95. The number of aliphatic hydroxyl groups excluding tert-OH is 1. The van der Waals surface area contributed by atoms with Crippen LogP contribution < -0.4 is 0 Å². The van der Waals surface area contributed by atoms with Crippen LogP contribution in [-0.2, 0) is 6.42 Å². The molecule has 1 N–H and O–H groups in total. The van der Waals surface area contributed by atoms with Gasteiger partial charge in [-0.3, -0.25) is 4.98 Å². The number of rotatable bonds is 3. The number of pyridine rings is 1. The first-order chi connectivity index (χ1) is 8.24. The Labute approximate surface area is 105 Å². The Kier molecular flexibility index (Phi) is 2.77. The predicted octanol–water partition coefficient (Wildman–Crippen LogP) is 3.20. The molecule has 17 heavy (non-hydrogen) atoms. The smallest absolute Gasteiger partial charge is 0.0719 e. The van der Waals surface area contributed by atoms with Gasteiger partial charge < -0.3 is 5.11 Å². The molecular formula is C14H14ClNO. The van der Waals surface area contributed by atoms with Crippen LogP contribution in [-0.4, -0.2) is 16.2 Å². The summed E-state index contributed by atoms with van der Waals surface area (Å²) in [5.41, 5.74) is 2.06. The third kappa shape index (κ3) is 2.28. The molecule has 88 valence electrons. The molecule has 3 rings (SSSR count). The summed E-state index contributed by atoms with van der Waals surface area (Å²) in [4.78, 5) is 4.30. The maximum Gasteiger partial charge on any atom is 0.0719 e. The number of benzene rings is 1. The van der Waals surface area contributed by atoms with Crippen molar-refractivity contribution in [3.63, 3.8) is 0 Å². The number of nitrogens with zero attached hydrogens (tertiary/aromatic N) is 1. The molecule has 1 aliphatic rings. The van der Waals surface area contributed by atoms with Gasteiger partial charge in [-0.05, 0) is 48.9 Å². The maximum atomic E-state index is 10.0. The Hall–Kier alpha value is -1.12. The predicted molar refractivity (Wildman–Crippen MR) is 69.2 cm³/mol. The highest BCUT2D eigenvalue weighted by molar-refractivity contribution is 6.31. The molecule has 1 atom stereocenters. The second-order valence-corrected chi connectivity index (χ2v) is 5.18. The van der Waals surface area contributed by atoms with Gasteiger partial charge in [0.25, 0.3) is 0 Å². The van der Waals surface area contributed by atoms with Gasteiger partial charge in [0.1, 0.15) is 0 Å². The summed E-state index contributed by atoms with van der Waals surface area (Å²) < 4.78 is 0. The number of aromatic nitrogens is 1. The van der Waals surface area contributed by atoms with Gasteiger partial charge >= 0.3 is 0 Å². The molecular weight excluding hydrogens is 234 g/mol. The van der Waals surface area contributed by atoms with Crippen LogP contribution in [0.1, 0.15) is 18.4 Å². The average Bonchev–Trinajstić information content (AvgIpc) is 3.12. The third-order valence-corrected chi connectivity index (χ3v) is 3.63. The molecule has 3 heteroatoms. The fraction of sp³-hybridized carbons (Fsp3) is 0.357. The molecule has 2 aromatic rings. The molecule has 1 aromatic carbocycles. The van der Waals surface area contributed by atoms with Gasteiger partial charge in [-0.25, -0.2) is 0 Å². The highest BCUT2D eigenvalue weighted by atomic mass is 35.5. The molecule has 0 saturated heterocycles. The zero-order valence-electron chi connectivity index (χ0n) is 9.44. The van der Waals surface area contributed by atoms with Crippen molar-refractivity contribution in [3.8, 4) is 0 Å². The van der Waals surface area contributed by atoms with Crippen LogP contribution in [0.3, 0.4) is 0 Å². The SMILES string of the molecule is OC(Cc1ccnc2cc(Cl)ccc12)C1CC1. The van der Waals surface area contributed by atoms with Crippen molar-refractivity contribution in [2.24, 2.45) is 5.92 Å². The van der Waals surface area contributed by atoms with Crippen molar-refractivity contribution < 1.29 is 5.11 Å². The van der Waals surface area contributed by atoms with Crippen molar-refractivity contribution in [3.05, 3.63) is 41.0 Å². The zero-order valence-corrected chi connectivity index (χ0v) is 10.2. The first kappa shape index (κ1) is 11.0. The molecule has 0 aliphatic heterocycles. The third-order valence-electron chi connectivity index (χ3n) is 3.39. The van der Waals surface area contributed by atoms with Crippen molar-refractivity contribution in [1.82, 2.24) is 4.98 Å². The van der Waals surface area contributed by atoms with Gasteiger partial charge in [-0.1, -0.05) is 17.7 Å². The summed E-state index contributed by atoms with van der Waals surface area (Å²) >= 11 is 5.95. The van der Waals surface area contributed by atoms with E-state index in [0.717, 1.165) is 29.3 Å². The number of hydrogen-bond donors (Lipinski definition) is 1. The van der Waals surface area contributed by atoms with Crippen molar-refractivity contribution in [2.75, 3.05) is 0 Å². The van der Waals surface area contributed by atoms with E-state index in [1.165, 1.54) is 0 Å². The Morgan fingerprint density at radius 2 is 2.18 bits per heavy atom. The molecule has 1 heterocycles. The fourth-order valence-electron chi connectivity index (χ4n) is 2.23. The van der Waals surface area contributed by atoms with E-state index < -0.39 is 0 Å². The van der Waals surface area contributed by atoms with E-state index in [1.54, 1.807) is 6.20 Å². The van der Waals surface area contributed by atoms with Gasteiger partial charge in [0, 0.05) is 16.6 Å². The second kappa shape index (κ2) is 4.28. The van der Waals surface area contributed by atoms with Gasteiger partial charge in [0.2, 0.25) is 0 Å². The van der Waals surface area contributed by atoms with Crippen molar-refractivity contribution in [1.29, 1.82) is 0 Å². The molecule has 2 nitrogen and oxygen atoms in total. The molecule has 1 aromatic heterocycles. The Morgan fingerprint density at radius 3 is 2.94 bits per heavy atom. The van der Waals surface area contributed by atoms with Gasteiger partial charge in [0.15, 0.2) is 0 Å². The van der Waals surface area contributed by atoms with E-state index in [-0.39, 0.29) is 6.10 Å². The molecule has 0 bridgehead atoms. The number of hydrogen-bond acceptors (Lipinski definition) is 2. The standard InChI is InChI=1S/C14H14ClNO/c15-11-3-4-12-10(5-6-16-13(12)8-11)7-14(17)9-1-2-9/h3-6,8-9,14,17H,1-2,7H2. The Balaban J connectivity index is 1.97. The highest BCUT2D eigenvalue weighted by Gasteiger charge is 2.29. The Bertz CT molecular complexity index is 551. The summed E-state index contributed by atoms with van der Waals surface area (Å²) in [6, 6.07) is 7.71. The molecule has 1 saturated carbocycles. The highest BCUT2D eigenvalue weighted by Crippen LogP contribution is 2.34. The van der Waals surface area contributed by atoms with Crippen LogP contribution in [0.5, 0.6) is 0 Å². The lowest BCUT2D eigenvalue weighted by molar-refractivity contribution is 0.152. The lowest BCUT2D eigenvalue weighted by Crippen LogP contribution is -2.13. The van der Waals surface area contributed by atoms with E-state index in [0.29, 0.717) is 17.4 Å². The lowest BCUT2D eigenvalue weighted by Gasteiger charge is -2.11. The van der Waals surface area contributed by atoms with Gasteiger partial charge in [0.05, 0.1) is 11.6 Å². The largest absolute Gasteiger partial charge is 0.392 e. The lowest BCUT2D eigenvalue weighted by atomic mass is 10.0. The molecule has 1 unspecified atom stereocenters. The minimum atomic E-state index is -0.212. The quantitative estimate of drug-likeness (QED) is 0.904. The van der Waals surface area contributed by atoms with Crippen molar-refractivity contribution >= 4 is 22.5 Å². The first-order valence-corrected chi connectivity index (χ1v) is 6.33. The monoisotopic (exact) mass is 247 g/mol. The second-order valence-electron chi connectivity index (χ2n) is 4.74. The zero-order chi connectivity index (χ0) is 11.8. The summed E-state index contributed by atoms with van der Waals surface area (Å²) in [5, 5.41) is 11.8. The molecule has 0 radical (unpaired) electrons. The topological polar surface area (TPSA) is 33.1 Å². The van der Waals surface area contributed by atoms with Crippen LogP contribution in [0, 0.1) is 5.92 Å². The summed E-state index contributed by atoms with van der Waals surface area (Å²) in [5.74, 6) is 0.505.